The van der Waals surface area contributed by atoms with Gasteiger partial charge in [0.15, 0.2) is 12.3 Å². The summed E-state index contributed by atoms with van der Waals surface area (Å²) in [7, 11) is 1.93. The maximum atomic E-state index is 13.7. The van der Waals surface area contributed by atoms with E-state index in [4.69, 9.17) is 0 Å². The van der Waals surface area contributed by atoms with Gasteiger partial charge < -0.3 is 14.8 Å². The third-order valence-corrected chi connectivity index (χ3v) is 6.99. The number of aromatic nitrogens is 2. The van der Waals surface area contributed by atoms with E-state index < -0.39 is 12.3 Å². The van der Waals surface area contributed by atoms with Crippen molar-refractivity contribution in [3.63, 3.8) is 0 Å². The van der Waals surface area contributed by atoms with E-state index >= 15 is 0 Å². The Morgan fingerprint density at radius 3 is 2.81 bits per heavy atom. The van der Waals surface area contributed by atoms with E-state index in [-0.39, 0.29) is 13.1 Å². The van der Waals surface area contributed by atoms with Gasteiger partial charge in [-0.2, -0.15) is 0 Å². The topological polar surface area (TPSA) is 36.3 Å². The van der Waals surface area contributed by atoms with Gasteiger partial charge in [0.25, 0.3) is 0 Å². The van der Waals surface area contributed by atoms with Crippen LogP contribution in [0.1, 0.15) is 18.2 Å². The number of pyridine rings is 1. The molecule has 5 nitrogen and oxygen atoms in total. The Kier molecular flexibility index (Phi) is 6.97. The van der Waals surface area contributed by atoms with Gasteiger partial charge in [0, 0.05) is 55.4 Å². The lowest BCUT2D eigenvalue weighted by Crippen LogP contribution is -2.28. The number of hydrogen-bond acceptors (Lipinski definition) is 5. The maximum Gasteiger partial charge on any atom is 0.150 e. The monoisotopic (exact) mass is 445 g/mol. The Balaban J connectivity index is 1.44. The van der Waals surface area contributed by atoms with Gasteiger partial charge in [-0.15, -0.1) is 0 Å². The fourth-order valence-corrected chi connectivity index (χ4v) is 4.96. The Hall–Kier alpha value is -2.32. The van der Waals surface area contributed by atoms with Crippen LogP contribution in [0, 0.1) is 0 Å². The molecule has 4 rings (SSSR count). The molecule has 31 heavy (non-hydrogen) atoms. The van der Waals surface area contributed by atoms with E-state index in [9.17, 15) is 8.78 Å². The summed E-state index contributed by atoms with van der Waals surface area (Å²) in [4.78, 5) is 7.28. The molecule has 2 aromatic rings. The highest BCUT2D eigenvalue weighted by Crippen LogP contribution is 2.30. The molecule has 2 aliphatic heterocycles. The Morgan fingerprint density at radius 1 is 1.23 bits per heavy atom. The van der Waals surface area contributed by atoms with Crippen molar-refractivity contribution < 1.29 is 8.78 Å². The maximum absolute atomic E-state index is 13.7. The predicted molar refractivity (Wildman–Crippen MR) is 123 cm³/mol. The van der Waals surface area contributed by atoms with Crippen molar-refractivity contribution in [2.24, 2.45) is 0 Å². The largest absolute Gasteiger partial charge is 0.391 e. The normalized spacial score (nSPS) is 22.6. The molecule has 8 heteroatoms. The highest BCUT2D eigenvalue weighted by Gasteiger charge is 2.34. The zero-order chi connectivity index (χ0) is 21.8. The van der Waals surface area contributed by atoms with E-state index in [2.05, 4.69) is 56.6 Å². The molecule has 2 atom stereocenters. The second-order valence-electron chi connectivity index (χ2n) is 7.92. The summed E-state index contributed by atoms with van der Waals surface area (Å²) in [6.07, 6.45) is 5.81. The quantitative estimate of drug-likeness (QED) is 0.513. The van der Waals surface area contributed by atoms with Crippen LogP contribution in [0.15, 0.2) is 59.4 Å². The van der Waals surface area contributed by atoms with E-state index in [1.807, 2.05) is 19.2 Å². The first-order chi connectivity index (χ1) is 15.0. The molecule has 0 aliphatic carbocycles. The minimum Gasteiger partial charge on any atom is -0.391 e. The molecule has 2 unspecified atom stereocenters. The number of rotatable bonds is 7. The van der Waals surface area contributed by atoms with Gasteiger partial charge in [0.2, 0.25) is 0 Å². The molecule has 0 saturated carbocycles. The third-order valence-electron chi connectivity index (χ3n) is 5.78. The molecule has 4 heterocycles. The van der Waals surface area contributed by atoms with Gasteiger partial charge in [-0.25, -0.2) is 18.1 Å². The highest BCUT2D eigenvalue weighted by molar-refractivity contribution is 8.01. The number of halogens is 2. The average Bonchev–Trinajstić information content (AvgIpc) is 3.38. The molecule has 0 spiro atoms. The van der Waals surface area contributed by atoms with E-state index in [0.717, 1.165) is 35.8 Å². The smallest absolute Gasteiger partial charge is 0.150 e. The Morgan fingerprint density at radius 2 is 2.03 bits per heavy atom. The predicted octanol–water partition coefficient (Wildman–Crippen LogP) is 4.09. The summed E-state index contributed by atoms with van der Waals surface area (Å²) in [5.41, 5.74) is 3.41. The van der Waals surface area contributed by atoms with Crippen LogP contribution in [-0.2, 0) is 19.5 Å². The number of anilines is 1. The number of allylic oxidation sites excluding steroid dienone is 3. The zero-order valence-corrected chi connectivity index (χ0v) is 18.8. The Labute approximate surface area is 187 Å². The van der Waals surface area contributed by atoms with Crippen LogP contribution in [0.25, 0.3) is 0 Å². The van der Waals surface area contributed by atoms with Gasteiger partial charge in [-0.1, -0.05) is 12.1 Å². The number of alkyl halides is 2. The highest BCUT2D eigenvalue weighted by atomic mass is 32.2. The molecule has 2 aromatic heterocycles. The van der Waals surface area contributed by atoms with Gasteiger partial charge in [-0.05, 0) is 55.1 Å². The number of fused-ring (bicyclic) bond motifs is 1. The van der Waals surface area contributed by atoms with Crippen molar-refractivity contribution in [3.05, 3.63) is 70.7 Å². The van der Waals surface area contributed by atoms with Crippen LogP contribution >= 0.6 is 11.9 Å². The van der Waals surface area contributed by atoms with Crippen molar-refractivity contribution in [1.82, 2.24) is 19.2 Å². The molecule has 0 radical (unpaired) electrons. The second-order valence-corrected chi connectivity index (χ2v) is 9.06. The summed E-state index contributed by atoms with van der Waals surface area (Å²) < 4.78 is 32.0. The summed E-state index contributed by atoms with van der Waals surface area (Å²) in [6.45, 7) is 5.07. The molecule has 2 aliphatic rings. The first-order valence-corrected chi connectivity index (χ1v) is 11.4. The van der Waals surface area contributed by atoms with Crippen molar-refractivity contribution in [2.45, 2.75) is 38.8 Å². The summed E-state index contributed by atoms with van der Waals surface area (Å²) in [6, 6.07) is 8.12. The lowest BCUT2D eigenvalue weighted by atomic mass is 10.1. The van der Waals surface area contributed by atoms with Crippen LogP contribution in [0.3, 0.4) is 0 Å². The molecule has 1 fully saturated rings. The third kappa shape index (κ3) is 5.13. The SMILES string of the molecule is CN/C(C)=C(\C=C\Cc1cccnc1N1CC(F)C(F)C1)SN1CCn2cccc2C1. The van der Waals surface area contributed by atoms with Crippen LogP contribution in [0.4, 0.5) is 14.6 Å². The summed E-state index contributed by atoms with van der Waals surface area (Å²) in [5, 5.41) is 3.26. The van der Waals surface area contributed by atoms with Gasteiger partial charge in [-0.3, -0.25) is 0 Å². The molecular formula is C23H29F2N5S. The molecule has 1 N–H and O–H groups in total. The lowest BCUT2D eigenvalue weighted by molar-refractivity contribution is 0.217. The fraction of sp³-hybridized carbons (Fsp3) is 0.435. The first-order valence-electron chi connectivity index (χ1n) is 10.6. The zero-order valence-electron chi connectivity index (χ0n) is 18.0. The number of nitrogens with one attached hydrogen (secondary N) is 1. The fourth-order valence-electron chi connectivity index (χ4n) is 3.92. The van der Waals surface area contributed by atoms with Crippen LogP contribution in [0.2, 0.25) is 0 Å². The van der Waals surface area contributed by atoms with Crippen LogP contribution in [-0.4, -0.2) is 52.9 Å². The van der Waals surface area contributed by atoms with Crippen LogP contribution in [0.5, 0.6) is 0 Å². The Bertz CT molecular complexity index is 947. The van der Waals surface area contributed by atoms with Crippen molar-refractivity contribution >= 4 is 17.8 Å². The van der Waals surface area contributed by atoms with Gasteiger partial charge in [0.1, 0.15) is 5.82 Å². The molecule has 1 saturated heterocycles. The summed E-state index contributed by atoms with van der Waals surface area (Å²) >= 11 is 1.76. The lowest BCUT2D eigenvalue weighted by Gasteiger charge is -2.28. The molecular weight excluding hydrogens is 416 g/mol. The van der Waals surface area contributed by atoms with Crippen molar-refractivity contribution in [1.29, 1.82) is 0 Å². The van der Waals surface area contributed by atoms with Crippen molar-refractivity contribution in [3.8, 4) is 0 Å². The van der Waals surface area contributed by atoms with Gasteiger partial charge >= 0.3 is 0 Å². The number of nitrogens with zero attached hydrogens (tertiary/aromatic N) is 4. The second kappa shape index (κ2) is 9.87. The van der Waals surface area contributed by atoms with Gasteiger partial charge in [0.05, 0.1) is 13.1 Å². The molecule has 0 amide bonds. The van der Waals surface area contributed by atoms with E-state index in [1.165, 1.54) is 5.69 Å². The van der Waals surface area contributed by atoms with Crippen LogP contribution < -0.4 is 10.2 Å². The number of hydrogen-bond donors (Lipinski definition) is 1. The first kappa shape index (κ1) is 21.9. The average molecular weight is 446 g/mol. The van der Waals surface area contributed by atoms with E-state index in [1.54, 1.807) is 23.0 Å². The standard InChI is InChI=1S/C23H29F2N5S/c1-17(26-2)22(31-30-13-12-28-11-5-8-19(28)14-30)9-3-6-18-7-4-10-27-23(18)29-15-20(24)21(25)16-29/h3-5,7-11,20-21,26H,6,12-16H2,1-2H3/b9-3+,22-17+. The van der Waals surface area contributed by atoms with E-state index in [0.29, 0.717) is 12.2 Å². The molecule has 0 aromatic carbocycles. The van der Waals surface area contributed by atoms with Crippen molar-refractivity contribution in [2.75, 3.05) is 31.6 Å². The minimum atomic E-state index is -1.44. The minimum absolute atomic E-state index is 0.0610. The molecule has 166 valence electrons. The molecule has 0 bridgehead atoms. The summed E-state index contributed by atoms with van der Waals surface area (Å²) in [5.74, 6) is 0.676.